The van der Waals surface area contributed by atoms with Gasteiger partial charge in [0.1, 0.15) is 5.54 Å². The number of anilines is 1. The summed E-state index contributed by atoms with van der Waals surface area (Å²) in [5.41, 5.74) is 3.29. The third kappa shape index (κ3) is 3.13. The molecule has 2 nitrogen and oxygen atoms in total. The molecule has 1 heterocycles. The van der Waals surface area contributed by atoms with Crippen LogP contribution < -0.4 is 4.90 Å². The van der Waals surface area contributed by atoms with E-state index in [1.807, 2.05) is 90.7 Å². The SMILES string of the molecule is C=C/C=C(\C=C)C1(C(/C=C\C)=C/C=C)c2ccccc2C(=O)N1c1ccccc1. The lowest BCUT2D eigenvalue weighted by Crippen LogP contribution is -2.46. The molecule has 29 heavy (non-hydrogen) atoms. The van der Waals surface area contributed by atoms with Gasteiger partial charge in [-0.3, -0.25) is 9.69 Å². The van der Waals surface area contributed by atoms with Gasteiger partial charge in [0.2, 0.25) is 0 Å². The molecule has 144 valence electrons. The summed E-state index contributed by atoms with van der Waals surface area (Å²) in [7, 11) is 0. The van der Waals surface area contributed by atoms with E-state index >= 15 is 0 Å². The van der Waals surface area contributed by atoms with Crippen LogP contribution in [0.5, 0.6) is 0 Å². The fourth-order valence-corrected chi connectivity index (χ4v) is 4.07. The van der Waals surface area contributed by atoms with Crippen molar-refractivity contribution in [3.63, 3.8) is 0 Å². The number of para-hydroxylation sites is 1. The van der Waals surface area contributed by atoms with Gasteiger partial charge in [-0.2, -0.15) is 0 Å². The largest absolute Gasteiger partial charge is 0.290 e. The number of carbonyl (C=O) groups is 1. The Hall–Kier alpha value is -3.65. The molecule has 0 N–H and O–H groups in total. The number of fused-ring (bicyclic) bond motifs is 1. The Kier molecular flexibility index (Phi) is 5.94. The van der Waals surface area contributed by atoms with E-state index in [1.54, 1.807) is 18.2 Å². The van der Waals surface area contributed by atoms with E-state index in [9.17, 15) is 4.79 Å². The van der Waals surface area contributed by atoms with Crippen LogP contribution in [0.2, 0.25) is 0 Å². The quantitative estimate of drug-likeness (QED) is 0.501. The summed E-state index contributed by atoms with van der Waals surface area (Å²) in [6, 6.07) is 17.5. The van der Waals surface area contributed by atoms with Crippen molar-refractivity contribution in [3.05, 3.63) is 139 Å². The summed E-state index contributed by atoms with van der Waals surface area (Å²) >= 11 is 0. The molecule has 0 aliphatic carbocycles. The first kappa shape index (κ1) is 20.1. The number of hydrogen-bond donors (Lipinski definition) is 0. The van der Waals surface area contributed by atoms with Crippen molar-refractivity contribution in [2.75, 3.05) is 4.90 Å². The molecule has 1 aliphatic heterocycles. The topological polar surface area (TPSA) is 20.3 Å². The van der Waals surface area contributed by atoms with Crippen molar-refractivity contribution in [3.8, 4) is 0 Å². The smallest absolute Gasteiger partial charge is 0.260 e. The predicted molar refractivity (Wildman–Crippen MR) is 123 cm³/mol. The van der Waals surface area contributed by atoms with Gasteiger partial charge in [-0.1, -0.05) is 98.7 Å². The minimum Gasteiger partial charge on any atom is -0.290 e. The molecule has 0 spiro atoms. The Bertz CT molecular complexity index is 1040. The second kappa shape index (κ2) is 8.57. The summed E-state index contributed by atoms with van der Waals surface area (Å²) < 4.78 is 0. The van der Waals surface area contributed by atoms with Crippen LogP contribution in [0.25, 0.3) is 0 Å². The fraction of sp³-hybridized carbons (Fsp3) is 0.0741. The average molecular weight is 380 g/mol. The number of hydrogen-bond acceptors (Lipinski definition) is 1. The van der Waals surface area contributed by atoms with Crippen molar-refractivity contribution in [2.45, 2.75) is 12.5 Å². The van der Waals surface area contributed by atoms with Crippen LogP contribution in [0.15, 0.2) is 128 Å². The summed E-state index contributed by atoms with van der Waals surface area (Å²) in [4.78, 5) is 15.6. The number of rotatable bonds is 7. The maximum Gasteiger partial charge on any atom is 0.260 e. The summed E-state index contributed by atoms with van der Waals surface area (Å²) in [5, 5.41) is 0. The van der Waals surface area contributed by atoms with E-state index in [0.29, 0.717) is 5.56 Å². The van der Waals surface area contributed by atoms with E-state index in [2.05, 4.69) is 19.7 Å². The van der Waals surface area contributed by atoms with Crippen LogP contribution in [0.4, 0.5) is 5.69 Å². The highest BCUT2D eigenvalue weighted by molar-refractivity contribution is 6.14. The van der Waals surface area contributed by atoms with Crippen LogP contribution in [-0.2, 0) is 5.54 Å². The molecule has 0 radical (unpaired) electrons. The first-order valence-electron chi connectivity index (χ1n) is 9.57. The zero-order valence-corrected chi connectivity index (χ0v) is 16.7. The van der Waals surface area contributed by atoms with E-state index in [0.717, 1.165) is 22.4 Å². The number of nitrogens with zero attached hydrogens (tertiary/aromatic N) is 1. The average Bonchev–Trinajstić information content (AvgIpc) is 3.02. The molecule has 0 fully saturated rings. The third-order valence-corrected chi connectivity index (χ3v) is 5.10. The fourth-order valence-electron chi connectivity index (χ4n) is 4.07. The van der Waals surface area contributed by atoms with Crippen molar-refractivity contribution in [1.29, 1.82) is 0 Å². The van der Waals surface area contributed by atoms with Crippen LogP contribution >= 0.6 is 0 Å². The lowest BCUT2D eigenvalue weighted by atomic mass is 9.75. The molecule has 2 heteroatoms. The summed E-state index contributed by atoms with van der Waals surface area (Å²) in [6.07, 6.45) is 13.1. The Balaban J connectivity index is 2.53. The Morgan fingerprint density at radius 3 is 2.14 bits per heavy atom. The molecule has 2 aromatic rings. The molecule has 2 aromatic carbocycles. The zero-order chi connectivity index (χ0) is 20.9. The Morgan fingerprint density at radius 1 is 0.897 bits per heavy atom. The minimum atomic E-state index is -0.883. The summed E-state index contributed by atoms with van der Waals surface area (Å²) in [5.74, 6) is -0.0527. The molecule has 1 atom stereocenters. The second-order valence-electron chi connectivity index (χ2n) is 6.65. The highest BCUT2D eigenvalue weighted by Gasteiger charge is 2.53. The van der Waals surface area contributed by atoms with Crippen molar-refractivity contribution in [1.82, 2.24) is 0 Å². The first-order chi connectivity index (χ1) is 14.2. The molecule has 1 aliphatic rings. The molecular formula is C27H25NO. The third-order valence-electron chi connectivity index (χ3n) is 5.10. The van der Waals surface area contributed by atoms with E-state index in [1.165, 1.54) is 0 Å². The molecule has 3 rings (SSSR count). The van der Waals surface area contributed by atoms with Gasteiger partial charge in [0.25, 0.3) is 5.91 Å². The van der Waals surface area contributed by atoms with Gasteiger partial charge in [-0.25, -0.2) is 0 Å². The van der Waals surface area contributed by atoms with Crippen LogP contribution in [0, 0.1) is 0 Å². The molecule has 1 unspecified atom stereocenters. The maximum absolute atomic E-state index is 13.7. The molecule has 1 amide bonds. The number of benzene rings is 2. The standard InChI is InChI=1S/C27H25NO/c1-5-14-21(8-4)27(22(15-6-2)16-7-3)25-20-13-12-19-24(25)26(29)28(27)23-17-10-9-11-18-23/h5-20H,1-2,4H2,3H3/b16-7-,21-14+,22-15+. The molecule has 0 saturated carbocycles. The number of carbonyl (C=O) groups excluding carboxylic acids is 1. The monoisotopic (exact) mass is 379 g/mol. The predicted octanol–water partition coefficient (Wildman–Crippen LogP) is 6.53. The molecule has 0 saturated heterocycles. The van der Waals surface area contributed by atoms with Crippen molar-refractivity contribution >= 4 is 11.6 Å². The molecule has 0 aromatic heterocycles. The van der Waals surface area contributed by atoms with Crippen molar-refractivity contribution in [2.24, 2.45) is 0 Å². The van der Waals surface area contributed by atoms with Gasteiger partial charge in [-0.15, -0.1) is 0 Å². The highest BCUT2D eigenvalue weighted by Crippen LogP contribution is 2.52. The van der Waals surface area contributed by atoms with Crippen molar-refractivity contribution < 1.29 is 4.79 Å². The zero-order valence-electron chi connectivity index (χ0n) is 16.7. The van der Waals surface area contributed by atoms with E-state index < -0.39 is 5.54 Å². The second-order valence-corrected chi connectivity index (χ2v) is 6.65. The highest BCUT2D eigenvalue weighted by atomic mass is 16.2. The summed E-state index contributed by atoms with van der Waals surface area (Å²) in [6.45, 7) is 13.8. The van der Waals surface area contributed by atoms with Gasteiger partial charge in [-0.05, 0) is 41.8 Å². The maximum atomic E-state index is 13.7. The lowest BCUT2D eigenvalue weighted by Gasteiger charge is -2.42. The Labute approximate surface area is 173 Å². The normalized spacial score (nSPS) is 19.3. The first-order valence-corrected chi connectivity index (χ1v) is 9.57. The molecule has 0 bridgehead atoms. The van der Waals surface area contributed by atoms with Gasteiger partial charge in [0, 0.05) is 11.3 Å². The van der Waals surface area contributed by atoms with Crippen LogP contribution in [0.3, 0.4) is 0 Å². The lowest BCUT2D eigenvalue weighted by molar-refractivity contribution is 0.0986. The minimum absolute atomic E-state index is 0.0527. The van der Waals surface area contributed by atoms with Crippen LogP contribution in [0.1, 0.15) is 22.8 Å². The van der Waals surface area contributed by atoms with Gasteiger partial charge in [0.15, 0.2) is 0 Å². The molecular weight excluding hydrogens is 354 g/mol. The van der Waals surface area contributed by atoms with Gasteiger partial charge < -0.3 is 0 Å². The number of amides is 1. The van der Waals surface area contributed by atoms with E-state index in [-0.39, 0.29) is 5.91 Å². The Morgan fingerprint density at radius 2 is 1.52 bits per heavy atom. The van der Waals surface area contributed by atoms with Gasteiger partial charge in [0.05, 0.1) is 0 Å². The number of allylic oxidation sites excluding steroid dienone is 5. The van der Waals surface area contributed by atoms with Crippen LogP contribution in [-0.4, -0.2) is 5.91 Å². The van der Waals surface area contributed by atoms with E-state index in [4.69, 9.17) is 0 Å². The van der Waals surface area contributed by atoms with Gasteiger partial charge >= 0.3 is 0 Å².